The van der Waals surface area contributed by atoms with Crippen molar-refractivity contribution in [3.8, 4) is 6.07 Å². The number of nitrogens with one attached hydrogen (secondary N) is 1. The van der Waals surface area contributed by atoms with Gasteiger partial charge in [-0.1, -0.05) is 0 Å². The Morgan fingerprint density at radius 2 is 2.09 bits per heavy atom. The number of Topliss-reactive ketones (excluding diaryl/α,β-unsaturated/α-hetero) is 1. The molecule has 1 fully saturated rings. The van der Waals surface area contributed by atoms with Gasteiger partial charge < -0.3 is 10.2 Å². The second-order valence-corrected chi connectivity index (χ2v) is 5.09. The number of amides is 2. The smallest absolute Gasteiger partial charge is 0.289 e. The van der Waals surface area contributed by atoms with Gasteiger partial charge >= 0.3 is 0 Å². The average Bonchev–Trinajstić information content (AvgIpc) is 2.98. The number of hydrogen-bond acceptors (Lipinski definition) is 4. The number of benzene rings is 1. The van der Waals surface area contributed by atoms with Crippen molar-refractivity contribution in [2.75, 3.05) is 18.4 Å². The SMILES string of the molecule is CC(=O)C(=O)N1CC[C@H](C(=O)Nc2ccc(F)c(C#N)c2)C1.S. The van der Waals surface area contributed by atoms with Crippen molar-refractivity contribution < 1.29 is 18.8 Å². The monoisotopic (exact) mass is 337 g/mol. The third-order valence-electron chi connectivity index (χ3n) is 3.50. The van der Waals surface area contributed by atoms with E-state index in [-0.39, 0.29) is 31.5 Å². The first-order valence-corrected chi connectivity index (χ1v) is 6.72. The number of likely N-dealkylation sites (tertiary alicyclic amines) is 1. The Morgan fingerprint density at radius 1 is 1.39 bits per heavy atom. The van der Waals surface area contributed by atoms with E-state index in [0.717, 1.165) is 6.07 Å². The minimum atomic E-state index is -0.653. The van der Waals surface area contributed by atoms with E-state index in [9.17, 15) is 18.8 Å². The van der Waals surface area contributed by atoms with Crippen LogP contribution in [-0.2, 0) is 14.4 Å². The lowest BCUT2D eigenvalue weighted by molar-refractivity contribution is -0.143. The molecular formula is C15H16FN3O3S. The van der Waals surface area contributed by atoms with E-state index in [2.05, 4.69) is 5.32 Å². The number of nitrogens with zero attached hydrogens (tertiary/aromatic N) is 2. The van der Waals surface area contributed by atoms with E-state index in [1.807, 2.05) is 0 Å². The number of ketones is 1. The van der Waals surface area contributed by atoms with Crippen molar-refractivity contribution in [1.82, 2.24) is 4.90 Å². The van der Waals surface area contributed by atoms with Crippen molar-refractivity contribution in [1.29, 1.82) is 5.26 Å². The van der Waals surface area contributed by atoms with Crippen molar-refractivity contribution in [2.24, 2.45) is 5.92 Å². The fourth-order valence-corrected chi connectivity index (χ4v) is 2.31. The topological polar surface area (TPSA) is 90.3 Å². The molecule has 2 rings (SSSR count). The second kappa shape index (κ2) is 7.74. The highest BCUT2D eigenvalue weighted by Gasteiger charge is 2.32. The number of anilines is 1. The maximum atomic E-state index is 13.2. The van der Waals surface area contributed by atoms with Crippen LogP contribution in [0.5, 0.6) is 0 Å². The van der Waals surface area contributed by atoms with Crippen LogP contribution < -0.4 is 5.32 Å². The van der Waals surface area contributed by atoms with Crippen molar-refractivity contribution in [3.05, 3.63) is 29.6 Å². The van der Waals surface area contributed by atoms with Crippen molar-refractivity contribution >= 4 is 36.8 Å². The molecule has 122 valence electrons. The number of nitriles is 1. The van der Waals surface area contributed by atoms with Crippen LogP contribution in [0.3, 0.4) is 0 Å². The van der Waals surface area contributed by atoms with E-state index in [1.54, 1.807) is 6.07 Å². The molecular weight excluding hydrogens is 321 g/mol. The Morgan fingerprint density at radius 3 is 2.70 bits per heavy atom. The van der Waals surface area contributed by atoms with Gasteiger partial charge in [-0.25, -0.2) is 4.39 Å². The van der Waals surface area contributed by atoms with Crippen LogP contribution in [0.15, 0.2) is 18.2 Å². The lowest BCUT2D eigenvalue weighted by Gasteiger charge is -2.14. The molecule has 1 N–H and O–H groups in total. The van der Waals surface area contributed by atoms with Gasteiger partial charge in [0.05, 0.1) is 11.5 Å². The molecule has 23 heavy (non-hydrogen) atoms. The van der Waals surface area contributed by atoms with Gasteiger partial charge in [0, 0.05) is 25.7 Å². The zero-order chi connectivity index (χ0) is 16.3. The van der Waals surface area contributed by atoms with Crippen LogP contribution in [0.4, 0.5) is 10.1 Å². The Labute approximate surface area is 139 Å². The molecule has 0 aromatic heterocycles. The normalized spacial score (nSPS) is 16.2. The number of carbonyl (C=O) groups excluding carboxylic acids is 3. The fourth-order valence-electron chi connectivity index (χ4n) is 2.31. The van der Waals surface area contributed by atoms with E-state index in [4.69, 9.17) is 5.26 Å². The van der Waals surface area contributed by atoms with Crippen LogP contribution in [0, 0.1) is 23.1 Å². The fraction of sp³-hybridized carbons (Fsp3) is 0.333. The van der Waals surface area contributed by atoms with Gasteiger partial charge in [0.25, 0.3) is 5.91 Å². The molecule has 1 aromatic carbocycles. The molecule has 2 amide bonds. The maximum absolute atomic E-state index is 13.2. The lowest BCUT2D eigenvalue weighted by atomic mass is 10.1. The third kappa shape index (κ3) is 4.29. The third-order valence-corrected chi connectivity index (χ3v) is 3.50. The predicted octanol–water partition coefficient (Wildman–Crippen LogP) is 1.19. The number of hydrogen-bond donors (Lipinski definition) is 1. The average molecular weight is 337 g/mol. The number of carbonyl (C=O) groups is 3. The van der Waals surface area contributed by atoms with E-state index in [1.165, 1.54) is 24.0 Å². The molecule has 0 radical (unpaired) electrons. The van der Waals surface area contributed by atoms with E-state index >= 15 is 0 Å². The van der Waals surface area contributed by atoms with Crippen LogP contribution in [0.2, 0.25) is 0 Å². The molecule has 8 heteroatoms. The van der Waals surface area contributed by atoms with Crippen LogP contribution >= 0.6 is 13.5 Å². The molecule has 0 bridgehead atoms. The van der Waals surface area contributed by atoms with Gasteiger partial charge in [-0.2, -0.15) is 18.8 Å². The van der Waals surface area contributed by atoms with Crippen molar-refractivity contribution in [3.63, 3.8) is 0 Å². The minimum Gasteiger partial charge on any atom is -0.335 e. The van der Waals surface area contributed by atoms with Gasteiger partial charge in [-0.15, -0.1) is 0 Å². The second-order valence-electron chi connectivity index (χ2n) is 5.09. The summed E-state index contributed by atoms with van der Waals surface area (Å²) in [6.45, 7) is 1.72. The Bertz CT molecular complexity index is 687. The molecule has 0 saturated carbocycles. The molecule has 1 aliphatic heterocycles. The van der Waals surface area contributed by atoms with E-state index < -0.39 is 23.4 Å². The molecule has 1 atom stereocenters. The largest absolute Gasteiger partial charge is 0.335 e. The Hall–Kier alpha value is -2.40. The zero-order valence-electron chi connectivity index (χ0n) is 12.4. The number of halogens is 1. The first kappa shape index (κ1) is 18.6. The Kier molecular flexibility index (Phi) is 6.28. The van der Waals surface area contributed by atoms with Crippen LogP contribution in [0.1, 0.15) is 18.9 Å². The van der Waals surface area contributed by atoms with Gasteiger partial charge in [0.15, 0.2) is 0 Å². The summed E-state index contributed by atoms with van der Waals surface area (Å²) in [5, 5.41) is 11.4. The summed E-state index contributed by atoms with van der Waals surface area (Å²) >= 11 is 0. The first-order chi connectivity index (χ1) is 10.4. The summed E-state index contributed by atoms with van der Waals surface area (Å²) in [6.07, 6.45) is 0.456. The summed E-state index contributed by atoms with van der Waals surface area (Å²) in [7, 11) is 0. The van der Waals surface area contributed by atoms with Gasteiger partial charge in [0.1, 0.15) is 11.9 Å². The standard InChI is InChI=1S/C15H14FN3O3.H2S/c1-9(20)15(22)19-5-4-10(8-19)14(21)18-12-2-3-13(16)11(6-12)7-17;/h2-3,6,10H,4-5,8H2,1H3,(H,18,21);1H2/t10-;/m0./s1. The van der Waals surface area contributed by atoms with Gasteiger partial charge in [-0.3, -0.25) is 14.4 Å². The molecule has 1 saturated heterocycles. The molecule has 0 unspecified atom stereocenters. The lowest BCUT2D eigenvalue weighted by Crippen LogP contribution is -2.35. The van der Waals surface area contributed by atoms with Gasteiger partial charge in [0.2, 0.25) is 11.7 Å². The highest BCUT2D eigenvalue weighted by atomic mass is 32.1. The van der Waals surface area contributed by atoms with Crippen LogP contribution in [-0.4, -0.2) is 35.6 Å². The van der Waals surface area contributed by atoms with E-state index in [0.29, 0.717) is 18.7 Å². The molecule has 1 aromatic rings. The number of rotatable bonds is 3. The predicted molar refractivity (Wildman–Crippen MR) is 85.5 cm³/mol. The van der Waals surface area contributed by atoms with Gasteiger partial charge in [-0.05, 0) is 24.6 Å². The first-order valence-electron chi connectivity index (χ1n) is 6.72. The molecule has 6 nitrogen and oxygen atoms in total. The molecule has 0 spiro atoms. The highest BCUT2D eigenvalue weighted by molar-refractivity contribution is 7.59. The quantitative estimate of drug-likeness (QED) is 0.839. The van der Waals surface area contributed by atoms with Crippen molar-refractivity contribution in [2.45, 2.75) is 13.3 Å². The summed E-state index contributed by atoms with van der Waals surface area (Å²) in [5.41, 5.74) is 0.164. The Balaban J connectivity index is 0.00000264. The molecule has 1 aliphatic rings. The minimum absolute atomic E-state index is 0. The maximum Gasteiger partial charge on any atom is 0.289 e. The summed E-state index contributed by atoms with van der Waals surface area (Å²) in [6, 6.07) is 5.42. The highest BCUT2D eigenvalue weighted by Crippen LogP contribution is 2.20. The summed E-state index contributed by atoms with van der Waals surface area (Å²) in [4.78, 5) is 36.1. The molecule has 1 heterocycles. The van der Waals surface area contributed by atoms with Crippen LogP contribution in [0.25, 0.3) is 0 Å². The summed E-state index contributed by atoms with van der Waals surface area (Å²) in [5.74, 6) is -2.56. The zero-order valence-corrected chi connectivity index (χ0v) is 13.4. The molecule has 0 aliphatic carbocycles. The summed E-state index contributed by atoms with van der Waals surface area (Å²) < 4.78 is 13.2.